The number of nitrogens with zero attached hydrogens (tertiary/aromatic N) is 1. The summed E-state index contributed by atoms with van der Waals surface area (Å²) in [6, 6.07) is 0.317. The number of rotatable bonds is 3. The van der Waals surface area contributed by atoms with Crippen LogP contribution >= 0.6 is 0 Å². The average Bonchev–Trinajstić information content (AvgIpc) is 2.93. The Morgan fingerprint density at radius 1 is 1.24 bits per heavy atom. The van der Waals surface area contributed by atoms with Crippen LogP contribution in [0.2, 0.25) is 0 Å². The summed E-state index contributed by atoms with van der Waals surface area (Å²) in [6.45, 7) is 1.36. The van der Waals surface area contributed by atoms with Crippen molar-refractivity contribution in [2.24, 2.45) is 5.41 Å². The van der Waals surface area contributed by atoms with Crippen LogP contribution in [0.5, 0.6) is 0 Å². The number of morpholine rings is 1. The molecule has 2 aliphatic carbocycles. The Kier molecular flexibility index (Phi) is 4.48. The van der Waals surface area contributed by atoms with E-state index in [9.17, 15) is 9.59 Å². The van der Waals surface area contributed by atoms with Gasteiger partial charge in [0, 0.05) is 12.6 Å². The SMILES string of the molecule is O=C(CN1CCOCC1=O)NC1CCCCC12CCCC2. The second-order valence-electron chi connectivity index (χ2n) is 6.80. The molecule has 5 nitrogen and oxygen atoms in total. The quantitative estimate of drug-likeness (QED) is 0.857. The zero-order valence-electron chi connectivity index (χ0n) is 12.7. The van der Waals surface area contributed by atoms with Crippen molar-refractivity contribution in [2.75, 3.05) is 26.3 Å². The molecule has 3 aliphatic rings. The van der Waals surface area contributed by atoms with Crippen molar-refractivity contribution >= 4 is 11.8 Å². The lowest BCUT2D eigenvalue weighted by molar-refractivity contribution is -0.146. The van der Waals surface area contributed by atoms with Gasteiger partial charge in [-0.15, -0.1) is 0 Å². The number of amides is 2. The van der Waals surface area contributed by atoms with Crippen LogP contribution in [0.15, 0.2) is 0 Å². The van der Waals surface area contributed by atoms with Gasteiger partial charge in [-0.3, -0.25) is 9.59 Å². The van der Waals surface area contributed by atoms with Crippen LogP contribution in [0.4, 0.5) is 0 Å². The molecule has 2 amide bonds. The molecule has 1 unspecified atom stereocenters. The molecule has 0 aromatic heterocycles. The van der Waals surface area contributed by atoms with Crippen LogP contribution in [0.1, 0.15) is 51.4 Å². The van der Waals surface area contributed by atoms with Gasteiger partial charge >= 0.3 is 0 Å². The highest BCUT2D eigenvalue weighted by molar-refractivity contribution is 5.85. The van der Waals surface area contributed by atoms with E-state index < -0.39 is 0 Å². The minimum absolute atomic E-state index is 0.00317. The van der Waals surface area contributed by atoms with E-state index in [1.54, 1.807) is 4.90 Å². The van der Waals surface area contributed by atoms with Crippen LogP contribution in [0, 0.1) is 5.41 Å². The summed E-state index contributed by atoms with van der Waals surface area (Å²) in [7, 11) is 0. The number of carbonyl (C=O) groups is 2. The van der Waals surface area contributed by atoms with Crippen LogP contribution in [0.3, 0.4) is 0 Å². The summed E-state index contributed by atoms with van der Waals surface area (Å²) in [4.78, 5) is 25.6. The van der Waals surface area contributed by atoms with Gasteiger partial charge in [0.2, 0.25) is 11.8 Å². The van der Waals surface area contributed by atoms with Crippen molar-refractivity contribution in [2.45, 2.75) is 57.4 Å². The first-order valence-electron chi connectivity index (χ1n) is 8.35. The average molecular weight is 294 g/mol. The minimum atomic E-state index is -0.0735. The highest BCUT2D eigenvalue weighted by Gasteiger charge is 2.43. The van der Waals surface area contributed by atoms with Crippen molar-refractivity contribution in [3.8, 4) is 0 Å². The summed E-state index contributed by atoms with van der Waals surface area (Å²) in [5.74, 6) is -0.0703. The van der Waals surface area contributed by atoms with E-state index in [1.807, 2.05) is 0 Å². The Labute approximate surface area is 126 Å². The summed E-state index contributed by atoms with van der Waals surface area (Å²) in [5, 5.41) is 3.25. The molecule has 1 heterocycles. The van der Waals surface area contributed by atoms with Gasteiger partial charge in [0.25, 0.3) is 0 Å². The molecule has 5 heteroatoms. The van der Waals surface area contributed by atoms with E-state index in [0.29, 0.717) is 24.6 Å². The lowest BCUT2D eigenvalue weighted by atomic mass is 9.69. The highest BCUT2D eigenvalue weighted by Crippen LogP contribution is 2.48. The van der Waals surface area contributed by atoms with Gasteiger partial charge in [-0.2, -0.15) is 0 Å². The molecular weight excluding hydrogens is 268 g/mol. The monoisotopic (exact) mass is 294 g/mol. The summed E-state index contributed by atoms with van der Waals surface area (Å²) in [6.07, 6.45) is 9.99. The van der Waals surface area contributed by atoms with Crippen molar-refractivity contribution in [3.05, 3.63) is 0 Å². The second-order valence-corrected chi connectivity index (χ2v) is 6.80. The van der Waals surface area contributed by atoms with Crippen LogP contribution in [0.25, 0.3) is 0 Å². The van der Waals surface area contributed by atoms with Crippen molar-refractivity contribution < 1.29 is 14.3 Å². The number of hydrogen-bond acceptors (Lipinski definition) is 3. The maximum Gasteiger partial charge on any atom is 0.249 e. The first-order valence-corrected chi connectivity index (χ1v) is 8.35. The van der Waals surface area contributed by atoms with E-state index in [1.165, 1.54) is 44.9 Å². The molecule has 1 aliphatic heterocycles. The van der Waals surface area contributed by atoms with Crippen molar-refractivity contribution in [1.29, 1.82) is 0 Å². The zero-order chi connectivity index (χ0) is 14.7. The Morgan fingerprint density at radius 2 is 1.95 bits per heavy atom. The molecule has 2 saturated carbocycles. The normalized spacial score (nSPS) is 28.9. The third-order valence-electron chi connectivity index (χ3n) is 5.51. The zero-order valence-corrected chi connectivity index (χ0v) is 12.7. The van der Waals surface area contributed by atoms with Gasteiger partial charge in [-0.1, -0.05) is 25.7 Å². The molecule has 3 rings (SSSR count). The van der Waals surface area contributed by atoms with Crippen molar-refractivity contribution in [3.63, 3.8) is 0 Å². The fourth-order valence-corrected chi connectivity index (χ4v) is 4.34. The number of ether oxygens (including phenoxy) is 1. The molecular formula is C16H26N2O3. The highest BCUT2D eigenvalue weighted by atomic mass is 16.5. The van der Waals surface area contributed by atoms with E-state index in [0.717, 1.165) is 6.42 Å². The van der Waals surface area contributed by atoms with Crippen LogP contribution in [-0.4, -0.2) is 49.1 Å². The smallest absolute Gasteiger partial charge is 0.249 e. The molecule has 1 N–H and O–H groups in total. The van der Waals surface area contributed by atoms with Crippen LogP contribution in [-0.2, 0) is 14.3 Å². The van der Waals surface area contributed by atoms with Gasteiger partial charge in [0.05, 0.1) is 13.2 Å². The predicted octanol–water partition coefficient (Wildman–Crippen LogP) is 1.46. The molecule has 0 bridgehead atoms. The van der Waals surface area contributed by atoms with Gasteiger partial charge in [-0.05, 0) is 31.1 Å². The maximum absolute atomic E-state index is 12.3. The molecule has 0 radical (unpaired) electrons. The third kappa shape index (κ3) is 3.23. The topological polar surface area (TPSA) is 58.6 Å². The standard InChI is InChI=1S/C16H26N2O3/c19-14(11-18-9-10-21-12-15(18)20)17-13-5-1-2-6-16(13)7-3-4-8-16/h13H,1-12H2,(H,17,19). The Hall–Kier alpha value is -1.10. The molecule has 1 atom stereocenters. The number of nitrogens with one attached hydrogen (secondary N) is 1. The predicted molar refractivity (Wildman–Crippen MR) is 78.7 cm³/mol. The van der Waals surface area contributed by atoms with Gasteiger partial charge in [0.1, 0.15) is 6.61 Å². The molecule has 118 valence electrons. The number of hydrogen-bond donors (Lipinski definition) is 1. The molecule has 21 heavy (non-hydrogen) atoms. The van der Waals surface area contributed by atoms with Gasteiger partial charge in [-0.25, -0.2) is 0 Å². The first kappa shape index (κ1) is 14.8. The summed E-state index contributed by atoms with van der Waals surface area (Å²) >= 11 is 0. The largest absolute Gasteiger partial charge is 0.370 e. The Morgan fingerprint density at radius 3 is 2.67 bits per heavy atom. The lowest BCUT2D eigenvalue weighted by Gasteiger charge is -2.42. The number of carbonyl (C=O) groups excluding carboxylic acids is 2. The lowest BCUT2D eigenvalue weighted by Crippen LogP contribution is -2.53. The molecule has 0 aromatic carbocycles. The third-order valence-corrected chi connectivity index (χ3v) is 5.51. The maximum atomic E-state index is 12.3. The van der Waals surface area contributed by atoms with E-state index >= 15 is 0 Å². The molecule has 3 fully saturated rings. The fourth-order valence-electron chi connectivity index (χ4n) is 4.34. The molecule has 1 saturated heterocycles. The second kappa shape index (κ2) is 6.34. The molecule has 1 spiro atoms. The summed E-state index contributed by atoms with van der Waals surface area (Å²) in [5.41, 5.74) is 0.350. The van der Waals surface area contributed by atoms with E-state index in [4.69, 9.17) is 4.74 Å². The minimum Gasteiger partial charge on any atom is -0.370 e. The van der Waals surface area contributed by atoms with Gasteiger partial charge in [0.15, 0.2) is 0 Å². The molecule has 0 aromatic rings. The van der Waals surface area contributed by atoms with Gasteiger partial charge < -0.3 is 15.0 Å². The Balaban J connectivity index is 1.56. The van der Waals surface area contributed by atoms with E-state index in [-0.39, 0.29) is 25.0 Å². The first-order chi connectivity index (χ1) is 10.2. The fraction of sp³-hybridized carbons (Fsp3) is 0.875. The van der Waals surface area contributed by atoms with Crippen LogP contribution < -0.4 is 5.32 Å². The van der Waals surface area contributed by atoms with Crippen molar-refractivity contribution in [1.82, 2.24) is 10.2 Å². The Bertz CT molecular complexity index is 404. The van der Waals surface area contributed by atoms with E-state index in [2.05, 4.69) is 5.32 Å². The summed E-state index contributed by atoms with van der Waals surface area (Å²) < 4.78 is 5.10.